The zero-order valence-electron chi connectivity index (χ0n) is 31.3. The third-order valence-corrected chi connectivity index (χ3v) is 12.7. The van der Waals surface area contributed by atoms with Gasteiger partial charge in [-0.05, 0) is 110 Å². The zero-order chi connectivity index (χ0) is 37.1. The Morgan fingerprint density at radius 1 is 0.518 bits per heavy atom. The van der Waals surface area contributed by atoms with E-state index in [4.69, 9.17) is 4.99 Å². The maximum atomic E-state index is 5.60. The lowest BCUT2D eigenvalue weighted by atomic mass is 9.70. The summed E-state index contributed by atoms with van der Waals surface area (Å²) in [5.74, 6) is 0.386. The average molecular weight is 719 g/mol. The van der Waals surface area contributed by atoms with Crippen molar-refractivity contribution in [2.45, 2.75) is 37.3 Å². The Morgan fingerprint density at radius 3 is 1.70 bits per heavy atom. The van der Waals surface area contributed by atoms with Crippen LogP contribution in [0.2, 0.25) is 0 Å². The third kappa shape index (κ3) is 5.28. The summed E-state index contributed by atoms with van der Waals surface area (Å²) in [5, 5.41) is 3.95. The topological polar surface area (TPSA) is 24.4 Å². The molecule has 0 fully saturated rings. The molecule has 1 spiro atoms. The van der Waals surface area contributed by atoms with Crippen LogP contribution in [0, 0.1) is 5.92 Å². The van der Waals surface area contributed by atoms with Crippen LogP contribution in [0.15, 0.2) is 193 Å². The molecule has 1 N–H and O–H groups in total. The lowest BCUT2D eigenvalue weighted by molar-refractivity contribution is 0.371. The van der Waals surface area contributed by atoms with E-state index in [2.05, 4.69) is 193 Å². The number of rotatable bonds is 6. The van der Waals surface area contributed by atoms with Gasteiger partial charge in [-0.3, -0.25) is 4.99 Å². The second kappa shape index (κ2) is 13.4. The molecule has 1 aliphatic heterocycles. The fourth-order valence-corrected chi connectivity index (χ4v) is 10.0. The molecule has 0 unspecified atom stereocenters. The molecule has 0 radical (unpaired) electrons. The van der Waals surface area contributed by atoms with E-state index in [1.54, 1.807) is 0 Å². The summed E-state index contributed by atoms with van der Waals surface area (Å²) < 4.78 is 0. The summed E-state index contributed by atoms with van der Waals surface area (Å²) in [5.41, 5.74) is 20.3. The molecule has 3 aliphatic carbocycles. The van der Waals surface area contributed by atoms with Crippen molar-refractivity contribution in [1.82, 2.24) is 5.32 Å². The number of fused-ring (bicyclic) bond motifs is 10. The van der Waals surface area contributed by atoms with Crippen molar-refractivity contribution in [2.75, 3.05) is 0 Å². The first-order valence-corrected chi connectivity index (χ1v) is 20.1. The first kappa shape index (κ1) is 32.9. The largest absolute Gasteiger partial charge is 0.363 e. The summed E-state index contributed by atoms with van der Waals surface area (Å²) in [6.07, 6.45) is 8.80. The van der Waals surface area contributed by atoms with Crippen molar-refractivity contribution in [3.05, 3.63) is 238 Å². The number of benzene rings is 7. The maximum Gasteiger partial charge on any atom is 0.122 e. The number of nitrogens with zero attached hydrogens (tertiary/aromatic N) is 1. The van der Waals surface area contributed by atoms with Gasteiger partial charge in [0.15, 0.2) is 0 Å². The Kier molecular flexibility index (Phi) is 7.84. The van der Waals surface area contributed by atoms with E-state index in [-0.39, 0.29) is 11.6 Å². The van der Waals surface area contributed by atoms with Crippen molar-refractivity contribution in [3.63, 3.8) is 0 Å². The molecule has 0 amide bonds. The molecular formula is C54H42N2. The normalized spacial score (nSPS) is 18.5. The lowest BCUT2D eigenvalue weighted by Crippen LogP contribution is -2.38. The Hall–Kier alpha value is -6.51. The summed E-state index contributed by atoms with van der Waals surface area (Å²) in [4.78, 5) is 5.60. The average Bonchev–Trinajstić information content (AvgIpc) is 3.74. The van der Waals surface area contributed by atoms with Gasteiger partial charge in [0.25, 0.3) is 0 Å². The van der Waals surface area contributed by atoms with Gasteiger partial charge in [0.1, 0.15) is 6.17 Å². The highest BCUT2D eigenvalue weighted by Crippen LogP contribution is 2.62. The number of nitrogens with one attached hydrogen (secondary N) is 1. The highest BCUT2D eigenvalue weighted by Gasteiger charge is 2.51. The molecule has 2 nitrogen and oxygen atoms in total. The van der Waals surface area contributed by atoms with Crippen LogP contribution in [-0.2, 0) is 11.8 Å². The van der Waals surface area contributed by atoms with Crippen molar-refractivity contribution in [3.8, 4) is 22.3 Å². The Morgan fingerprint density at radius 2 is 1.07 bits per heavy atom. The van der Waals surface area contributed by atoms with Crippen molar-refractivity contribution < 1.29 is 0 Å². The number of hydrogen-bond donors (Lipinski definition) is 1. The van der Waals surface area contributed by atoms with Crippen LogP contribution in [0.4, 0.5) is 0 Å². The quantitative estimate of drug-likeness (QED) is 0.182. The predicted molar refractivity (Wildman–Crippen MR) is 232 cm³/mol. The summed E-state index contributed by atoms with van der Waals surface area (Å²) >= 11 is 0. The lowest BCUT2D eigenvalue weighted by Gasteiger charge is -2.33. The van der Waals surface area contributed by atoms with E-state index in [0.29, 0.717) is 5.92 Å². The standard InChI is InChI=1S/C54H42N2/c1-3-13-36(14-4-1)33-37-23-25-40(26-24-37)51-35-52(56-53(55-51)41-29-27-39(28-30-41)38-15-5-2-6-16-38)42-31-32-46-45-19-9-12-22-49(45)54(50(46)34-42)47-20-10-7-17-43(47)44-18-8-11-21-48(44)54/h1-27,31-32,34-35,41,53,55H,28-30,33H2/t41-,53-/m1/s1. The molecule has 0 aromatic heterocycles. The molecule has 4 aliphatic rings. The summed E-state index contributed by atoms with van der Waals surface area (Å²) in [6.45, 7) is 0. The van der Waals surface area contributed by atoms with Crippen molar-refractivity contribution in [2.24, 2.45) is 10.9 Å². The second-order valence-electron chi connectivity index (χ2n) is 15.8. The van der Waals surface area contributed by atoms with Crippen molar-refractivity contribution >= 4 is 17.0 Å². The van der Waals surface area contributed by atoms with E-state index >= 15 is 0 Å². The van der Waals surface area contributed by atoms with E-state index in [9.17, 15) is 0 Å². The maximum absolute atomic E-state index is 5.60. The van der Waals surface area contributed by atoms with Gasteiger partial charge in [0, 0.05) is 17.2 Å². The first-order chi connectivity index (χ1) is 27.7. The van der Waals surface area contributed by atoms with Gasteiger partial charge in [0.2, 0.25) is 0 Å². The molecule has 56 heavy (non-hydrogen) atoms. The monoisotopic (exact) mass is 718 g/mol. The van der Waals surface area contributed by atoms with Crippen molar-refractivity contribution in [1.29, 1.82) is 0 Å². The van der Waals surface area contributed by atoms with Gasteiger partial charge in [0.05, 0.1) is 11.1 Å². The van der Waals surface area contributed by atoms with E-state index in [0.717, 1.165) is 37.1 Å². The van der Waals surface area contributed by atoms with Crippen LogP contribution < -0.4 is 5.32 Å². The molecule has 268 valence electrons. The van der Waals surface area contributed by atoms with Gasteiger partial charge in [-0.2, -0.15) is 0 Å². The minimum atomic E-state index is -0.384. The first-order valence-electron chi connectivity index (χ1n) is 20.1. The fourth-order valence-electron chi connectivity index (χ4n) is 10.0. The van der Waals surface area contributed by atoms with Crippen LogP contribution in [0.25, 0.3) is 33.5 Å². The number of allylic oxidation sites excluding steroid dienone is 3. The smallest absolute Gasteiger partial charge is 0.122 e. The molecule has 0 saturated carbocycles. The van der Waals surface area contributed by atoms with Crippen LogP contribution >= 0.6 is 0 Å². The molecule has 0 bridgehead atoms. The summed E-state index contributed by atoms with van der Waals surface area (Å²) in [6, 6.07) is 65.0. The van der Waals surface area contributed by atoms with Crippen LogP contribution in [0.5, 0.6) is 0 Å². The molecule has 2 atom stereocenters. The van der Waals surface area contributed by atoms with Gasteiger partial charge in [-0.25, -0.2) is 0 Å². The Labute approximate surface area is 329 Å². The Bertz CT molecular complexity index is 2650. The van der Waals surface area contributed by atoms with Crippen LogP contribution in [0.1, 0.15) is 69.3 Å². The third-order valence-electron chi connectivity index (χ3n) is 12.7. The molecule has 2 heteroatoms. The summed E-state index contributed by atoms with van der Waals surface area (Å²) in [7, 11) is 0. The second-order valence-corrected chi connectivity index (χ2v) is 15.8. The minimum Gasteiger partial charge on any atom is -0.363 e. The van der Waals surface area contributed by atoms with Crippen LogP contribution in [-0.4, -0.2) is 11.9 Å². The molecule has 7 aromatic carbocycles. The molecule has 11 rings (SSSR count). The zero-order valence-corrected chi connectivity index (χ0v) is 31.3. The van der Waals surface area contributed by atoms with Crippen LogP contribution in [0.3, 0.4) is 0 Å². The van der Waals surface area contributed by atoms with Gasteiger partial charge in [-0.1, -0.05) is 176 Å². The van der Waals surface area contributed by atoms with Gasteiger partial charge >= 0.3 is 0 Å². The van der Waals surface area contributed by atoms with E-state index < -0.39 is 0 Å². The Balaban J connectivity index is 1.02. The van der Waals surface area contributed by atoms with E-state index in [1.165, 1.54) is 77.9 Å². The van der Waals surface area contributed by atoms with Gasteiger partial charge < -0.3 is 5.32 Å². The number of aliphatic imine (C=N–C) groups is 1. The SMILES string of the molecule is C1=C(c2ccccc2)CC[C@H]([C@H]2N=C(c3ccc4c(c3)C3(c5ccccc5-c5ccccc53)c3ccccc3-4)C=C(c3ccc(Cc4ccccc4)cc3)N2)C1. The fraction of sp³-hybridized carbons (Fsp3) is 0.130. The highest BCUT2D eigenvalue weighted by molar-refractivity contribution is 6.14. The molecule has 7 aromatic rings. The molecule has 0 saturated heterocycles. The van der Waals surface area contributed by atoms with E-state index in [1.807, 2.05) is 0 Å². The molecule has 1 heterocycles. The minimum absolute atomic E-state index is 0.0325. The molecular weight excluding hydrogens is 677 g/mol. The highest BCUT2D eigenvalue weighted by atomic mass is 15.1. The number of hydrogen-bond acceptors (Lipinski definition) is 2. The van der Waals surface area contributed by atoms with Gasteiger partial charge in [-0.15, -0.1) is 0 Å². The predicted octanol–water partition coefficient (Wildman–Crippen LogP) is 12.3.